The van der Waals surface area contributed by atoms with Crippen LogP contribution in [0.25, 0.3) is 0 Å². The minimum atomic E-state index is -0.353. The number of aryl methyl sites for hydroxylation is 2. The van der Waals surface area contributed by atoms with Crippen molar-refractivity contribution in [3.63, 3.8) is 0 Å². The molecule has 1 heterocycles. The molecule has 16 heavy (non-hydrogen) atoms. The number of benzene rings is 1. The summed E-state index contributed by atoms with van der Waals surface area (Å²) in [6, 6.07) is 6.35. The Balaban J connectivity index is 2.08. The summed E-state index contributed by atoms with van der Waals surface area (Å²) in [4.78, 5) is 4.27. The molecule has 0 bridgehead atoms. The molecule has 3 nitrogen and oxygen atoms in total. The summed E-state index contributed by atoms with van der Waals surface area (Å²) >= 11 is 0. The van der Waals surface area contributed by atoms with Gasteiger partial charge in [0.2, 0.25) is 0 Å². The fourth-order valence-corrected chi connectivity index (χ4v) is 1.50. The van der Waals surface area contributed by atoms with E-state index in [-0.39, 0.29) is 18.2 Å². The van der Waals surface area contributed by atoms with Crippen molar-refractivity contribution in [1.29, 1.82) is 0 Å². The predicted octanol–water partition coefficient (Wildman–Crippen LogP) is 2.45. The highest BCUT2D eigenvalue weighted by molar-refractivity contribution is 5.23. The minimum absolute atomic E-state index is 0.253. The van der Waals surface area contributed by atoms with Gasteiger partial charge < -0.3 is 9.30 Å². The fraction of sp³-hybridized carbons (Fsp3) is 0.250. The average Bonchev–Trinajstić information content (AvgIpc) is 2.56. The van der Waals surface area contributed by atoms with Gasteiger partial charge in [-0.1, -0.05) is 12.1 Å². The van der Waals surface area contributed by atoms with Crippen molar-refractivity contribution in [2.45, 2.75) is 13.5 Å². The summed E-state index contributed by atoms with van der Waals surface area (Å²) in [5.41, 5.74) is 0.926. The second kappa shape index (κ2) is 4.35. The maximum Gasteiger partial charge on any atom is 0.165 e. The highest BCUT2D eigenvalue weighted by Gasteiger charge is 2.05. The number of aromatic nitrogens is 2. The van der Waals surface area contributed by atoms with Crippen LogP contribution < -0.4 is 4.74 Å². The second-order valence-electron chi connectivity index (χ2n) is 3.63. The zero-order valence-corrected chi connectivity index (χ0v) is 9.27. The van der Waals surface area contributed by atoms with E-state index < -0.39 is 0 Å². The van der Waals surface area contributed by atoms with Crippen molar-refractivity contribution in [3.05, 3.63) is 47.8 Å². The van der Waals surface area contributed by atoms with E-state index in [2.05, 4.69) is 4.98 Å². The molecule has 0 amide bonds. The fourth-order valence-electron chi connectivity index (χ4n) is 1.50. The first-order valence-electron chi connectivity index (χ1n) is 5.03. The first-order chi connectivity index (χ1) is 7.66. The van der Waals surface area contributed by atoms with Crippen LogP contribution in [0.3, 0.4) is 0 Å². The lowest BCUT2D eigenvalue weighted by Gasteiger charge is -2.06. The van der Waals surface area contributed by atoms with Gasteiger partial charge in [-0.05, 0) is 19.1 Å². The van der Waals surface area contributed by atoms with Crippen molar-refractivity contribution in [2.24, 2.45) is 7.05 Å². The summed E-state index contributed by atoms with van der Waals surface area (Å²) < 4.78 is 20.5. The molecule has 0 aliphatic rings. The number of nitrogens with zero attached hydrogens (tertiary/aromatic N) is 2. The van der Waals surface area contributed by atoms with E-state index in [1.807, 2.05) is 24.7 Å². The van der Waals surface area contributed by atoms with Gasteiger partial charge in [0.15, 0.2) is 11.6 Å². The molecular weight excluding hydrogens is 207 g/mol. The third-order valence-corrected chi connectivity index (χ3v) is 2.29. The number of ether oxygens (including phenoxy) is 1. The normalized spacial score (nSPS) is 10.4. The smallest absolute Gasteiger partial charge is 0.165 e. The molecule has 2 rings (SSSR count). The van der Waals surface area contributed by atoms with Crippen LogP contribution in [0.5, 0.6) is 5.75 Å². The molecule has 0 radical (unpaired) electrons. The van der Waals surface area contributed by atoms with Crippen LogP contribution in [0.2, 0.25) is 0 Å². The van der Waals surface area contributed by atoms with Crippen LogP contribution in [0.4, 0.5) is 4.39 Å². The van der Waals surface area contributed by atoms with Crippen molar-refractivity contribution in [3.8, 4) is 5.75 Å². The van der Waals surface area contributed by atoms with Gasteiger partial charge in [-0.3, -0.25) is 0 Å². The number of imidazole rings is 1. The maximum atomic E-state index is 13.2. The Bertz CT molecular complexity index is 494. The van der Waals surface area contributed by atoms with Gasteiger partial charge in [0.05, 0.1) is 5.69 Å². The van der Waals surface area contributed by atoms with Gasteiger partial charge in [-0.25, -0.2) is 9.37 Å². The molecule has 0 unspecified atom stereocenters. The quantitative estimate of drug-likeness (QED) is 0.794. The lowest BCUT2D eigenvalue weighted by Crippen LogP contribution is -2.03. The first kappa shape index (κ1) is 10.7. The van der Waals surface area contributed by atoms with Gasteiger partial charge in [-0.2, -0.15) is 0 Å². The van der Waals surface area contributed by atoms with Crippen LogP contribution in [0.15, 0.2) is 30.5 Å². The number of rotatable bonds is 3. The zero-order chi connectivity index (χ0) is 11.5. The average molecular weight is 220 g/mol. The predicted molar refractivity (Wildman–Crippen MR) is 58.7 cm³/mol. The molecule has 4 heteroatoms. The molecule has 0 fully saturated rings. The highest BCUT2D eigenvalue weighted by atomic mass is 19.1. The molecule has 2 aromatic rings. The Morgan fingerprint density at radius 2 is 2.12 bits per heavy atom. The monoisotopic (exact) mass is 220 g/mol. The molecule has 0 saturated carbocycles. The van der Waals surface area contributed by atoms with Gasteiger partial charge in [0, 0.05) is 13.2 Å². The minimum Gasteiger partial charge on any atom is -0.483 e. The van der Waals surface area contributed by atoms with Crippen molar-refractivity contribution in [1.82, 2.24) is 9.55 Å². The molecule has 84 valence electrons. The summed E-state index contributed by atoms with van der Waals surface area (Å²) in [7, 11) is 1.89. The van der Waals surface area contributed by atoms with Gasteiger partial charge in [0.25, 0.3) is 0 Å². The third-order valence-electron chi connectivity index (χ3n) is 2.29. The lowest BCUT2D eigenvalue weighted by atomic mass is 10.3. The summed E-state index contributed by atoms with van der Waals surface area (Å²) in [6.07, 6.45) is 1.90. The Morgan fingerprint density at radius 3 is 2.75 bits per heavy atom. The molecule has 1 aromatic carbocycles. The van der Waals surface area contributed by atoms with Crippen LogP contribution in [0.1, 0.15) is 11.5 Å². The van der Waals surface area contributed by atoms with Gasteiger partial charge in [0.1, 0.15) is 12.4 Å². The zero-order valence-electron chi connectivity index (χ0n) is 9.27. The Kier molecular flexibility index (Phi) is 2.90. The van der Waals surface area contributed by atoms with Gasteiger partial charge >= 0.3 is 0 Å². The van der Waals surface area contributed by atoms with E-state index in [0.29, 0.717) is 0 Å². The third kappa shape index (κ3) is 2.21. The summed E-state index contributed by atoms with van der Waals surface area (Å²) in [5, 5.41) is 0. The molecule has 0 saturated heterocycles. The number of hydrogen-bond acceptors (Lipinski definition) is 2. The number of para-hydroxylation sites is 1. The van der Waals surface area contributed by atoms with Gasteiger partial charge in [-0.15, -0.1) is 0 Å². The first-order valence-corrected chi connectivity index (χ1v) is 5.03. The van der Waals surface area contributed by atoms with E-state index in [9.17, 15) is 4.39 Å². The Labute approximate surface area is 93.5 Å². The molecule has 0 atom stereocenters. The van der Waals surface area contributed by atoms with E-state index in [4.69, 9.17) is 4.74 Å². The van der Waals surface area contributed by atoms with E-state index >= 15 is 0 Å². The van der Waals surface area contributed by atoms with E-state index in [0.717, 1.165) is 11.5 Å². The van der Waals surface area contributed by atoms with Crippen molar-refractivity contribution >= 4 is 0 Å². The summed E-state index contributed by atoms with van der Waals surface area (Å²) in [6.45, 7) is 2.18. The van der Waals surface area contributed by atoms with Crippen molar-refractivity contribution < 1.29 is 9.13 Å². The lowest BCUT2D eigenvalue weighted by molar-refractivity contribution is 0.277. The van der Waals surface area contributed by atoms with Crippen molar-refractivity contribution in [2.75, 3.05) is 0 Å². The second-order valence-corrected chi connectivity index (χ2v) is 3.63. The highest BCUT2D eigenvalue weighted by Crippen LogP contribution is 2.16. The SMILES string of the molecule is Cc1cn(C)c(COc2ccccc2F)n1. The topological polar surface area (TPSA) is 27.1 Å². The van der Waals surface area contributed by atoms with E-state index in [1.54, 1.807) is 18.2 Å². The maximum absolute atomic E-state index is 13.2. The largest absolute Gasteiger partial charge is 0.483 e. The number of hydrogen-bond donors (Lipinski definition) is 0. The molecule has 1 aromatic heterocycles. The molecular formula is C12H13FN2O. The Hall–Kier alpha value is -1.84. The van der Waals surface area contributed by atoms with Crippen LogP contribution >= 0.6 is 0 Å². The molecule has 0 N–H and O–H groups in total. The Morgan fingerprint density at radius 1 is 1.38 bits per heavy atom. The standard InChI is InChI=1S/C12H13FN2O/c1-9-7-15(2)12(14-9)8-16-11-6-4-3-5-10(11)13/h3-7H,8H2,1-2H3. The molecule has 0 aliphatic heterocycles. The number of halogens is 1. The van der Waals surface area contributed by atoms with Crippen LogP contribution in [0, 0.1) is 12.7 Å². The van der Waals surface area contributed by atoms with Crippen LogP contribution in [-0.4, -0.2) is 9.55 Å². The van der Waals surface area contributed by atoms with E-state index in [1.165, 1.54) is 6.07 Å². The molecule has 0 aliphatic carbocycles. The van der Waals surface area contributed by atoms with Crippen LogP contribution in [-0.2, 0) is 13.7 Å². The molecule has 0 spiro atoms. The summed E-state index contributed by atoms with van der Waals surface area (Å²) in [5.74, 6) is 0.678.